The van der Waals surface area contributed by atoms with Gasteiger partial charge in [-0.05, 0) is 112 Å². The Labute approximate surface area is 604 Å². The number of ketones is 3. The summed E-state index contributed by atoms with van der Waals surface area (Å²) >= 11 is 0. The van der Waals surface area contributed by atoms with Crippen LogP contribution < -0.4 is 39.4 Å². The van der Waals surface area contributed by atoms with Gasteiger partial charge in [-0.3, -0.25) is 43.3 Å². The second-order valence-corrected chi connectivity index (χ2v) is 28.7. The van der Waals surface area contributed by atoms with Gasteiger partial charge in [0.05, 0.1) is 92.5 Å². The maximum atomic E-state index is 14.5. The molecular weight excluding hydrogens is 1330 g/mol. The smallest absolute Gasteiger partial charge is 0.416 e. The first-order valence-corrected chi connectivity index (χ1v) is 35.8. The first-order valence-electron chi connectivity index (χ1n) is 35.8. The van der Waals surface area contributed by atoms with Crippen molar-refractivity contribution >= 4 is 76.3 Å². The molecule has 3 N–H and O–H groups in total. The third kappa shape index (κ3) is 16.0. The van der Waals surface area contributed by atoms with E-state index >= 15 is 0 Å². The minimum atomic E-state index is -1.46. The van der Waals surface area contributed by atoms with E-state index in [4.69, 9.17) is 23.7 Å². The monoisotopic (exact) mass is 1420 g/mol. The summed E-state index contributed by atoms with van der Waals surface area (Å²) in [7, 11) is 2.99. The maximum absolute atomic E-state index is 14.5. The van der Waals surface area contributed by atoms with Gasteiger partial charge in [0.15, 0.2) is 40.8 Å². The summed E-state index contributed by atoms with van der Waals surface area (Å²) in [5.41, 5.74) is 7.96. The topological polar surface area (TPSA) is 300 Å². The van der Waals surface area contributed by atoms with Gasteiger partial charge in [0, 0.05) is 93.0 Å². The lowest BCUT2D eigenvalue weighted by Crippen LogP contribution is -2.50. The molecule has 25 heteroatoms. The van der Waals surface area contributed by atoms with Crippen molar-refractivity contribution in [1.29, 1.82) is 0 Å². The number of nitrogens with zero attached hydrogens (tertiary/aromatic N) is 8. The van der Waals surface area contributed by atoms with Crippen LogP contribution in [-0.2, 0) is 53.1 Å². The number of benzene rings is 5. The van der Waals surface area contributed by atoms with Crippen LogP contribution in [0, 0.1) is 17.3 Å². The molecule has 5 atom stereocenters. The number of methoxy groups -OCH3 is 2. The molecule has 0 bridgehead atoms. The predicted molar refractivity (Wildman–Crippen MR) is 387 cm³/mol. The van der Waals surface area contributed by atoms with E-state index in [1.807, 2.05) is 67.1 Å². The summed E-state index contributed by atoms with van der Waals surface area (Å²) in [5.74, 6) is -2.49. The number of ether oxygens (including phenoxy) is 5. The van der Waals surface area contributed by atoms with Crippen LogP contribution in [0.5, 0.6) is 23.0 Å². The SMILES string of the molecule is C=C1C[C@H]2C=Nc3cc(OCCCCCOc4cc5c(cc4OC)C(=O)N4CC6(CC6)C[C@H]4C(O)N5C(=O)OCc4ccc(CC(=O)[C@H](C)NC(=O)[C@@H](CC(=O)CNC(=O)CCC(=O)CCC(=O)N5Cc6ccccc6-c6c(nnn6C(C)C)-c6ccccc65)C(C)C)cc4)c(OC)cc3C(=O)N2C1. The predicted octanol–water partition coefficient (Wildman–Crippen LogP) is 10.4. The molecule has 6 aliphatic rings. The Morgan fingerprint density at radius 3 is 2.08 bits per heavy atom. The van der Waals surface area contributed by atoms with Crippen LogP contribution in [0.2, 0.25) is 0 Å². The normalized spacial score (nSPS) is 17.9. The average Bonchev–Trinajstić information content (AvgIpc) is 1.57. The van der Waals surface area contributed by atoms with Crippen molar-refractivity contribution in [3.05, 3.63) is 137 Å². The van der Waals surface area contributed by atoms with Gasteiger partial charge in [-0.2, -0.15) is 0 Å². The molecule has 25 nitrogen and oxygen atoms in total. The van der Waals surface area contributed by atoms with E-state index < -0.39 is 47.9 Å². The van der Waals surface area contributed by atoms with Crippen LogP contribution in [-0.4, -0.2) is 161 Å². The third-order valence-electron chi connectivity index (χ3n) is 20.6. The number of carbonyl (C=O) groups excluding carboxylic acids is 9. The van der Waals surface area contributed by atoms with Gasteiger partial charge in [0.25, 0.3) is 11.8 Å². The van der Waals surface area contributed by atoms with Gasteiger partial charge in [-0.15, -0.1) is 5.10 Å². The number of carbonyl (C=O) groups is 9. The zero-order valence-electron chi connectivity index (χ0n) is 59.9. The molecule has 546 valence electrons. The number of para-hydroxylation sites is 1. The molecule has 0 radical (unpaired) electrons. The van der Waals surface area contributed by atoms with E-state index in [-0.39, 0.29) is 140 Å². The van der Waals surface area contributed by atoms with E-state index in [1.54, 1.807) is 84.2 Å². The Balaban J connectivity index is 0.590. The van der Waals surface area contributed by atoms with Crippen LogP contribution in [0.3, 0.4) is 0 Å². The number of nitrogens with one attached hydrogen (secondary N) is 2. The number of hydrogen-bond acceptors (Lipinski definition) is 18. The Bertz CT molecular complexity index is 4370. The number of anilines is 2. The number of Topliss-reactive ketones (excluding diaryl/α,β-unsaturated/α-hetero) is 3. The number of aromatic nitrogens is 3. The summed E-state index contributed by atoms with van der Waals surface area (Å²) in [6.07, 6.45) is 3.57. The highest BCUT2D eigenvalue weighted by Crippen LogP contribution is 2.57. The highest BCUT2D eigenvalue weighted by Gasteiger charge is 2.58. The quantitative estimate of drug-likeness (QED) is 0.0290. The van der Waals surface area contributed by atoms with Crippen LogP contribution >= 0.6 is 0 Å². The molecule has 6 heterocycles. The van der Waals surface area contributed by atoms with Crippen molar-refractivity contribution in [3.8, 4) is 45.5 Å². The summed E-state index contributed by atoms with van der Waals surface area (Å²) < 4.78 is 31.6. The Morgan fingerprint density at radius 2 is 1.38 bits per heavy atom. The van der Waals surface area contributed by atoms with E-state index in [2.05, 4.69) is 32.5 Å². The van der Waals surface area contributed by atoms with Crippen LogP contribution in [0.25, 0.3) is 22.5 Å². The molecule has 3 fully saturated rings. The number of rotatable bonds is 29. The molecule has 12 rings (SSSR count). The molecule has 6 amide bonds. The number of aliphatic hydroxyl groups excluding tert-OH is 1. The minimum Gasteiger partial charge on any atom is -0.493 e. The molecule has 5 aliphatic heterocycles. The number of fused-ring (bicyclic) bond motifs is 9. The summed E-state index contributed by atoms with van der Waals surface area (Å²) in [4.78, 5) is 134. The van der Waals surface area contributed by atoms with Crippen molar-refractivity contribution in [3.63, 3.8) is 0 Å². The van der Waals surface area contributed by atoms with Gasteiger partial charge in [0.1, 0.15) is 18.1 Å². The molecular formula is C79H90N10O15. The summed E-state index contributed by atoms with van der Waals surface area (Å²) in [5, 5.41) is 26.6. The Kier molecular flexibility index (Phi) is 22.2. The van der Waals surface area contributed by atoms with Gasteiger partial charge >= 0.3 is 6.09 Å². The number of unbranched alkanes of at least 4 members (excludes halogenated alkanes) is 2. The van der Waals surface area contributed by atoms with E-state index in [0.717, 1.165) is 45.7 Å². The molecule has 1 unspecified atom stereocenters. The first-order chi connectivity index (χ1) is 50.0. The zero-order valence-corrected chi connectivity index (χ0v) is 59.9. The molecule has 1 spiro atoms. The number of aliphatic hydroxyl groups is 1. The van der Waals surface area contributed by atoms with Crippen molar-refractivity contribution in [1.82, 2.24) is 35.4 Å². The molecule has 1 aliphatic carbocycles. The van der Waals surface area contributed by atoms with Crippen molar-refractivity contribution < 1.29 is 71.9 Å². The fraction of sp³-hybridized carbons (Fsp3) is 0.443. The molecule has 6 aromatic rings. The second-order valence-electron chi connectivity index (χ2n) is 28.7. The second kappa shape index (κ2) is 31.6. The lowest BCUT2D eigenvalue weighted by atomic mass is 9.89. The lowest BCUT2D eigenvalue weighted by Gasteiger charge is -2.31. The Hall–Kier alpha value is -10.6. The number of amides is 6. The summed E-state index contributed by atoms with van der Waals surface area (Å²) in [6.45, 7) is 14.4. The fourth-order valence-corrected chi connectivity index (χ4v) is 14.4. The van der Waals surface area contributed by atoms with Gasteiger partial charge in [0.2, 0.25) is 17.7 Å². The molecule has 104 heavy (non-hydrogen) atoms. The highest BCUT2D eigenvalue weighted by molar-refractivity contribution is 6.07. The van der Waals surface area contributed by atoms with Gasteiger partial charge in [-0.25, -0.2) is 14.4 Å². The lowest BCUT2D eigenvalue weighted by molar-refractivity contribution is -0.133. The van der Waals surface area contributed by atoms with E-state index in [0.29, 0.717) is 97.1 Å². The van der Waals surface area contributed by atoms with Crippen molar-refractivity contribution in [2.45, 2.75) is 162 Å². The van der Waals surface area contributed by atoms with E-state index in [1.165, 1.54) is 20.3 Å². The minimum absolute atomic E-state index is 0.0323. The van der Waals surface area contributed by atoms with Crippen LogP contribution in [0.4, 0.5) is 21.9 Å². The first kappa shape index (κ1) is 73.2. The summed E-state index contributed by atoms with van der Waals surface area (Å²) in [6, 6.07) is 26.9. The Morgan fingerprint density at radius 1 is 0.712 bits per heavy atom. The highest BCUT2D eigenvalue weighted by atomic mass is 16.6. The largest absolute Gasteiger partial charge is 0.493 e. The fourth-order valence-electron chi connectivity index (χ4n) is 14.4. The third-order valence-corrected chi connectivity index (χ3v) is 20.6. The number of hydrogen-bond donors (Lipinski definition) is 3. The molecule has 1 saturated carbocycles. The van der Waals surface area contributed by atoms with Crippen LogP contribution in [0.1, 0.15) is 155 Å². The van der Waals surface area contributed by atoms with Gasteiger partial charge in [-0.1, -0.05) is 97.9 Å². The molecule has 2 saturated heterocycles. The molecule has 5 aromatic carbocycles. The van der Waals surface area contributed by atoms with Crippen molar-refractivity contribution in [2.75, 3.05) is 56.9 Å². The van der Waals surface area contributed by atoms with Gasteiger partial charge < -0.3 is 54.1 Å². The van der Waals surface area contributed by atoms with Crippen molar-refractivity contribution in [2.24, 2.45) is 22.2 Å². The molecule has 1 aromatic heterocycles. The number of aliphatic imine (C=N–C) groups is 1. The van der Waals surface area contributed by atoms with Crippen LogP contribution in [0.15, 0.2) is 114 Å². The zero-order chi connectivity index (χ0) is 73.7. The average molecular weight is 1420 g/mol. The van der Waals surface area contributed by atoms with E-state index in [9.17, 15) is 48.3 Å². The standard InChI is InChI=1S/C79H90N10O15/c1-46(2)58(34-55(91)41-81-70(93)26-24-54(90)25-27-71(94)86-43-52-16-10-11-17-56(52)73-72(83-84-89(73)47(3)4)57-18-12-13-19-62(57)86)74(95)82-49(6)65(92)33-50-20-22-51(23-21-50)44-104-78(99)88-63-38-69(67(101-8)36-60(63)76(97)87-45-79(28-29-79)39-64(87)77(88)98)103-31-15-9-14-30-102-68-37-61-59(35-66(68)100-7)75(96)85-42-48(5)32-53(85)40-80-61/h10-13,16-23,35-38,40,46-47,49,53,58,64,77,98H,5,9,14-15,24-34,39,41-45H2,1-4,6-8H3,(H,81,93)(H,82,95)/t49-,53-,58-,64-,77?/m0/s1. The maximum Gasteiger partial charge on any atom is 0.416 e.